The van der Waals surface area contributed by atoms with E-state index >= 15 is 0 Å². The minimum Gasteiger partial charge on any atom is -0.495 e. The number of methoxy groups -OCH3 is 1. The third-order valence-electron chi connectivity index (χ3n) is 3.12. The summed E-state index contributed by atoms with van der Waals surface area (Å²) in [5.41, 5.74) is 6.50. The van der Waals surface area contributed by atoms with Gasteiger partial charge in [0.25, 0.3) is 0 Å². The van der Waals surface area contributed by atoms with Crippen molar-refractivity contribution in [1.29, 1.82) is 0 Å². The van der Waals surface area contributed by atoms with Crippen molar-refractivity contribution in [3.05, 3.63) is 24.3 Å². The zero-order valence-electron chi connectivity index (χ0n) is 12.4. The molecule has 0 unspecified atom stereocenters. The lowest BCUT2D eigenvalue weighted by molar-refractivity contribution is -0.133. The molecule has 1 saturated heterocycles. The maximum atomic E-state index is 11.9. The van der Waals surface area contributed by atoms with Crippen LogP contribution in [-0.2, 0) is 9.53 Å². The molecule has 0 aliphatic carbocycles. The summed E-state index contributed by atoms with van der Waals surface area (Å²) in [6.45, 7) is 2.38. The fraction of sp³-hybridized carbons (Fsp3) is 0.429. The Kier molecular flexibility index (Phi) is 7.96. The first-order valence-corrected chi connectivity index (χ1v) is 6.76. The molecular weight excluding hydrogens is 399 g/mol. The van der Waals surface area contributed by atoms with Gasteiger partial charge in [-0.25, -0.2) is 4.99 Å². The van der Waals surface area contributed by atoms with Crippen molar-refractivity contribution in [3.63, 3.8) is 0 Å². The molecule has 3 N–H and O–H groups in total. The number of hydrogen-bond donors (Lipinski definition) is 2. The average Bonchev–Trinajstić information content (AvgIpc) is 2.54. The number of morpholine rings is 1. The van der Waals surface area contributed by atoms with E-state index in [1.165, 1.54) is 0 Å². The number of nitrogens with two attached hydrogens (primary N) is 1. The van der Waals surface area contributed by atoms with Gasteiger partial charge in [-0.2, -0.15) is 0 Å². The van der Waals surface area contributed by atoms with E-state index in [1.54, 1.807) is 12.0 Å². The molecule has 1 fully saturated rings. The molecule has 122 valence electrons. The number of hydrogen-bond acceptors (Lipinski definition) is 4. The number of guanidine groups is 1. The predicted octanol–water partition coefficient (Wildman–Crippen LogP) is 0.899. The summed E-state index contributed by atoms with van der Waals surface area (Å²) in [4.78, 5) is 17.7. The van der Waals surface area contributed by atoms with Gasteiger partial charge in [-0.05, 0) is 12.1 Å². The van der Waals surface area contributed by atoms with Crippen LogP contribution in [0.25, 0.3) is 0 Å². The largest absolute Gasteiger partial charge is 0.495 e. The molecule has 7 nitrogen and oxygen atoms in total. The van der Waals surface area contributed by atoms with Gasteiger partial charge in [0.15, 0.2) is 5.96 Å². The quantitative estimate of drug-likeness (QED) is 0.429. The Morgan fingerprint density at radius 3 is 2.77 bits per heavy atom. The topological polar surface area (TPSA) is 89.2 Å². The molecule has 2 rings (SSSR count). The van der Waals surface area contributed by atoms with Crippen molar-refractivity contribution >= 4 is 41.5 Å². The van der Waals surface area contributed by atoms with Gasteiger partial charge >= 0.3 is 0 Å². The Bertz CT molecular complexity index is 519. The molecule has 1 aliphatic heterocycles. The number of halogens is 1. The van der Waals surface area contributed by atoms with Crippen molar-refractivity contribution in [2.45, 2.75) is 0 Å². The number of para-hydroxylation sites is 2. The number of amides is 1. The molecular formula is C14H21IN4O3. The summed E-state index contributed by atoms with van der Waals surface area (Å²) in [5, 5.41) is 2.93. The number of carbonyl (C=O) groups excluding carboxylic acids is 1. The van der Waals surface area contributed by atoms with Crippen LogP contribution in [0, 0.1) is 0 Å². The first-order chi connectivity index (χ1) is 10.2. The van der Waals surface area contributed by atoms with Gasteiger partial charge in [-0.3, -0.25) is 4.79 Å². The molecule has 1 aliphatic rings. The standard InChI is InChI=1S/C14H20N4O3.HI/c1-20-12-5-3-2-4-11(12)17-14(15)16-10-13(19)18-6-8-21-9-7-18;/h2-5H,6-10H2,1H3,(H3,15,16,17);1H. The fourth-order valence-electron chi connectivity index (χ4n) is 1.99. The molecule has 0 radical (unpaired) electrons. The van der Waals surface area contributed by atoms with E-state index < -0.39 is 0 Å². The van der Waals surface area contributed by atoms with Gasteiger partial charge in [0.05, 0.1) is 26.0 Å². The van der Waals surface area contributed by atoms with E-state index in [4.69, 9.17) is 15.2 Å². The third kappa shape index (κ3) is 5.34. The predicted molar refractivity (Wildman–Crippen MR) is 95.9 cm³/mol. The van der Waals surface area contributed by atoms with Gasteiger partial charge in [-0.15, -0.1) is 24.0 Å². The number of benzene rings is 1. The lowest BCUT2D eigenvalue weighted by Crippen LogP contribution is -2.42. The lowest BCUT2D eigenvalue weighted by atomic mass is 10.3. The van der Waals surface area contributed by atoms with Gasteiger partial charge in [0.2, 0.25) is 5.91 Å². The average molecular weight is 420 g/mol. The highest BCUT2D eigenvalue weighted by Crippen LogP contribution is 2.22. The Morgan fingerprint density at radius 1 is 1.41 bits per heavy atom. The number of nitrogens with zero attached hydrogens (tertiary/aromatic N) is 2. The number of anilines is 1. The van der Waals surface area contributed by atoms with Crippen LogP contribution in [0.4, 0.5) is 5.69 Å². The van der Waals surface area contributed by atoms with E-state index in [-0.39, 0.29) is 42.4 Å². The lowest BCUT2D eigenvalue weighted by Gasteiger charge is -2.26. The van der Waals surface area contributed by atoms with Crippen LogP contribution in [0.5, 0.6) is 5.75 Å². The summed E-state index contributed by atoms with van der Waals surface area (Å²) in [6, 6.07) is 7.36. The fourth-order valence-corrected chi connectivity index (χ4v) is 1.99. The number of aliphatic imine (C=N–C) groups is 1. The highest BCUT2D eigenvalue weighted by Gasteiger charge is 2.16. The van der Waals surface area contributed by atoms with Crippen molar-refractivity contribution in [1.82, 2.24) is 4.90 Å². The number of carbonyl (C=O) groups is 1. The van der Waals surface area contributed by atoms with Crippen molar-refractivity contribution < 1.29 is 14.3 Å². The highest BCUT2D eigenvalue weighted by atomic mass is 127. The zero-order chi connectivity index (χ0) is 15.1. The molecule has 1 aromatic carbocycles. The highest BCUT2D eigenvalue weighted by molar-refractivity contribution is 14.0. The Labute approximate surface area is 146 Å². The molecule has 0 bridgehead atoms. The van der Waals surface area contributed by atoms with E-state index in [0.717, 1.165) is 0 Å². The van der Waals surface area contributed by atoms with Gasteiger partial charge in [0, 0.05) is 13.1 Å². The van der Waals surface area contributed by atoms with Crippen LogP contribution < -0.4 is 15.8 Å². The van der Waals surface area contributed by atoms with Crippen LogP contribution in [0.15, 0.2) is 29.3 Å². The van der Waals surface area contributed by atoms with E-state index in [9.17, 15) is 4.79 Å². The van der Waals surface area contributed by atoms with Crippen LogP contribution >= 0.6 is 24.0 Å². The van der Waals surface area contributed by atoms with E-state index in [1.807, 2.05) is 24.3 Å². The molecule has 1 heterocycles. The first kappa shape index (κ1) is 18.5. The summed E-state index contributed by atoms with van der Waals surface area (Å²) >= 11 is 0. The summed E-state index contributed by atoms with van der Waals surface area (Å²) in [5.74, 6) is 0.791. The van der Waals surface area contributed by atoms with E-state index in [0.29, 0.717) is 37.7 Å². The number of ether oxygens (including phenoxy) is 2. The summed E-state index contributed by atoms with van der Waals surface area (Å²) in [7, 11) is 1.58. The van der Waals surface area contributed by atoms with Gasteiger partial charge in [0.1, 0.15) is 12.3 Å². The van der Waals surface area contributed by atoms with Crippen LogP contribution in [0.2, 0.25) is 0 Å². The third-order valence-corrected chi connectivity index (χ3v) is 3.12. The Hall–Kier alpha value is -1.55. The van der Waals surface area contributed by atoms with Crippen LogP contribution in [-0.4, -0.2) is 56.7 Å². The van der Waals surface area contributed by atoms with Crippen LogP contribution in [0.1, 0.15) is 0 Å². The minimum atomic E-state index is -0.0527. The normalized spacial score (nSPS) is 15.0. The van der Waals surface area contributed by atoms with Crippen LogP contribution in [0.3, 0.4) is 0 Å². The maximum absolute atomic E-state index is 11.9. The molecule has 22 heavy (non-hydrogen) atoms. The molecule has 0 spiro atoms. The number of rotatable bonds is 4. The smallest absolute Gasteiger partial charge is 0.244 e. The van der Waals surface area contributed by atoms with Gasteiger partial charge < -0.3 is 25.4 Å². The summed E-state index contributed by atoms with van der Waals surface area (Å²) in [6.07, 6.45) is 0. The maximum Gasteiger partial charge on any atom is 0.244 e. The van der Waals surface area contributed by atoms with Crippen molar-refractivity contribution in [3.8, 4) is 5.75 Å². The molecule has 8 heteroatoms. The minimum absolute atomic E-state index is 0. The molecule has 0 saturated carbocycles. The SMILES string of the molecule is COc1ccccc1NC(N)=NCC(=O)N1CCOCC1.I. The second kappa shape index (κ2) is 9.46. The second-order valence-electron chi connectivity index (χ2n) is 4.52. The first-order valence-electron chi connectivity index (χ1n) is 6.76. The zero-order valence-corrected chi connectivity index (χ0v) is 14.8. The molecule has 0 aromatic heterocycles. The molecule has 1 amide bonds. The Balaban J connectivity index is 0.00000242. The monoisotopic (exact) mass is 420 g/mol. The Morgan fingerprint density at radius 2 is 2.09 bits per heavy atom. The number of nitrogens with one attached hydrogen (secondary N) is 1. The summed E-state index contributed by atoms with van der Waals surface area (Å²) < 4.78 is 10.4. The molecule has 1 aromatic rings. The van der Waals surface area contributed by atoms with Gasteiger partial charge in [-0.1, -0.05) is 12.1 Å². The molecule has 0 atom stereocenters. The second-order valence-corrected chi connectivity index (χ2v) is 4.52. The van der Waals surface area contributed by atoms with Crippen molar-refractivity contribution in [2.75, 3.05) is 45.3 Å². The van der Waals surface area contributed by atoms with E-state index in [2.05, 4.69) is 10.3 Å². The van der Waals surface area contributed by atoms with Crippen molar-refractivity contribution in [2.24, 2.45) is 10.7 Å².